The second kappa shape index (κ2) is 6.65. The fourth-order valence-corrected chi connectivity index (χ4v) is 2.66. The van der Waals surface area contributed by atoms with E-state index in [0.717, 1.165) is 16.9 Å². The van der Waals surface area contributed by atoms with Crippen LogP contribution in [-0.2, 0) is 0 Å². The summed E-state index contributed by atoms with van der Waals surface area (Å²) in [5.41, 5.74) is 2.21. The van der Waals surface area contributed by atoms with Gasteiger partial charge in [-0.3, -0.25) is 0 Å². The van der Waals surface area contributed by atoms with E-state index in [9.17, 15) is 0 Å². The van der Waals surface area contributed by atoms with E-state index >= 15 is 0 Å². The molecule has 0 aliphatic rings. The van der Waals surface area contributed by atoms with Gasteiger partial charge >= 0.3 is 0 Å². The van der Waals surface area contributed by atoms with Crippen LogP contribution in [0.4, 0.5) is 0 Å². The lowest BCUT2D eigenvalue weighted by molar-refractivity contribution is 0.340. The SMILES string of the molecule is CCOc1ccc(C(Br)c2ccc(Cl)c(Cl)c2)cc1. The van der Waals surface area contributed by atoms with Crippen LogP contribution in [-0.4, -0.2) is 6.61 Å². The summed E-state index contributed by atoms with van der Waals surface area (Å²) in [5, 5.41) is 1.13. The molecule has 0 radical (unpaired) electrons. The van der Waals surface area contributed by atoms with Crippen molar-refractivity contribution in [3.05, 3.63) is 63.6 Å². The Morgan fingerprint density at radius 1 is 1.00 bits per heavy atom. The number of benzene rings is 2. The standard InChI is InChI=1S/C15H13BrCl2O/c1-2-19-12-6-3-10(4-7-12)15(16)11-5-8-13(17)14(18)9-11/h3-9,15H,2H2,1H3. The van der Waals surface area contributed by atoms with Gasteiger partial charge in [0, 0.05) is 0 Å². The Labute approximate surface area is 131 Å². The van der Waals surface area contributed by atoms with Gasteiger partial charge in [0.1, 0.15) is 5.75 Å². The lowest BCUT2D eigenvalue weighted by Crippen LogP contribution is -1.95. The van der Waals surface area contributed by atoms with Crippen LogP contribution in [0.5, 0.6) is 5.75 Å². The first kappa shape index (κ1) is 14.7. The molecular formula is C15H13BrCl2O. The van der Waals surface area contributed by atoms with E-state index in [4.69, 9.17) is 27.9 Å². The minimum absolute atomic E-state index is 0.0814. The van der Waals surface area contributed by atoms with Gasteiger partial charge in [0.15, 0.2) is 0 Å². The maximum Gasteiger partial charge on any atom is 0.119 e. The monoisotopic (exact) mass is 358 g/mol. The zero-order chi connectivity index (χ0) is 13.8. The molecule has 0 aliphatic heterocycles. The molecule has 1 atom stereocenters. The fourth-order valence-electron chi connectivity index (χ4n) is 1.76. The molecular weight excluding hydrogens is 347 g/mol. The van der Waals surface area contributed by atoms with Gasteiger partial charge in [-0.1, -0.05) is 57.3 Å². The molecule has 0 heterocycles. The van der Waals surface area contributed by atoms with Crippen LogP contribution < -0.4 is 4.74 Å². The topological polar surface area (TPSA) is 9.23 Å². The van der Waals surface area contributed by atoms with Crippen molar-refractivity contribution in [3.8, 4) is 5.75 Å². The van der Waals surface area contributed by atoms with Crippen LogP contribution in [0.2, 0.25) is 10.0 Å². The number of alkyl halides is 1. The minimum atomic E-state index is 0.0814. The summed E-state index contributed by atoms with van der Waals surface area (Å²) in [6, 6.07) is 13.6. The van der Waals surface area contributed by atoms with Crippen molar-refractivity contribution in [2.24, 2.45) is 0 Å². The van der Waals surface area contributed by atoms with Gasteiger partial charge in [0.2, 0.25) is 0 Å². The minimum Gasteiger partial charge on any atom is -0.494 e. The third-order valence-electron chi connectivity index (χ3n) is 2.72. The Balaban J connectivity index is 2.22. The molecule has 100 valence electrons. The molecule has 0 bridgehead atoms. The molecule has 2 rings (SSSR count). The second-order valence-corrected chi connectivity index (χ2v) is 5.77. The molecule has 1 unspecified atom stereocenters. The van der Waals surface area contributed by atoms with Gasteiger partial charge in [0.25, 0.3) is 0 Å². The first-order valence-corrected chi connectivity index (χ1v) is 7.60. The Hall–Kier alpha value is -0.700. The predicted octanol–water partition coefficient (Wildman–Crippen LogP) is 5.88. The van der Waals surface area contributed by atoms with E-state index in [1.807, 2.05) is 49.4 Å². The lowest BCUT2D eigenvalue weighted by Gasteiger charge is -2.12. The average molecular weight is 360 g/mol. The molecule has 19 heavy (non-hydrogen) atoms. The van der Waals surface area contributed by atoms with Crippen molar-refractivity contribution >= 4 is 39.1 Å². The number of hydrogen-bond acceptors (Lipinski definition) is 1. The van der Waals surface area contributed by atoms with E-state index < -0.39 is 0 Å². The van der Waals surface area contributed by atoms with Gasteiger partial charge < -0.3 is 4.74 Å². The Kier molecular flexibility index (Phi) is 5.14. The third kappa shape index (κ3) is 3.65. The van der Waals surface area contributed by atoms with E-state index in [1.54, 1.807) is 0 Å². The summed E-state index contributed by atoms with van der Waals surface area (Å²) in [7, 11) is 0. The van der Waals surface area contributed by atoms with Crippen LogP contribution in [0.1, 0.15) is 22.9 Å². The van der Waals surface area contributed by atoms with Gasteiger partial charge in [0.05, 0.1) is 21.5 Å². The first-order valence-electron chi connectivity index (χ1n) is 5.93. The van der Waals surface area contributed by atoms with Crippen molar-refractivity contribution in [2.75, 3.05) is 6.61 Å². The molecule has 1 nitrogen and oxygen atoms in total. The quantitative estimate of drug-likeness (QED) is 0.619. The number of rotatable bonds is 4. The van der Waals surface area contributed by atoms with Gasteiger partial charge in [-0.05, 0) is 42.3 Å². The van der Waals surface area contributed by atoms with E-state index in [0.29, 0.717) is 16.7 Å². The summed E-state index contributed by atoms with van der Waals surface area (Å²) in [4.78, 5) is 0.0814. The third-order valence-corrected chi connectivity index (χ3v) is 4.52. The Morgan fingerprint density at radius 3 is 2.21 bits per heavy atom. The lowest BCUT2D eigenvalue weighted by atomic mass is 10.0. The zero-order valence-corrected chi connectivity index (χ0v) is 13.5. The van der Waals surface area contributed by atoms with Crippen LogP contribution in [0.15, 0.2) is 42.5 Å². The highest BCUT2D eigenvalue weighted by Crippen LogP contribution is 2.34. The molecule has 0 fully saturated rings. The van der Waals surface area contributed by atoms with Crippen molar-refractivity contribution in [1.29, 1.82) is 0 Å². The molecule has 0 saturated heterocycles. The van der Waals surface area contributed by atoms with Gasteiger partial charge in [-0.2, -0.15) is 0 Å². The highest BCUT2D eigenvalue weighted by molar-refractivity contribution is 9.09. The summed E-state index contributed by atoms with van der Waals surface area (Å²) in [6.07, 6.45) is 0. The van der Waals surface area contributed by atoms with Crippen LogP contribution in [0.25, 0.3) is 0 Å². The van der Waals surface area contributed by atoms with E-state index in [2.05, 4.69) is 15.9 Å². The molecule has 2 aromatic carbocycles. The molecule has 0 aromatic heterocycles. The molecule has 0 amide bonds. The van der Waals surface area contributed by atoms with Gasteiger partial charge in [-0.25, -0.2) is 0 Å². The predicted molar refractivity (Wildman–Crippen MR) is 84.8 cm³/mol. The highest BCUT2D eigenvalue weighted by atomic mass is 79.9. The van der Waals surface area contributed by atoms with Crippen LogP contribution in [0, 0.1) is 0 Å². The Bertz CT molecular complexity index is 555. The normalized spacial score (nSPS) is 12.2. The highest BCUT2D eigenvalue weighted by Gasteiger charge is 2.11. The molecule has 0 N–H and O–H groups in total. The molecule has 4 heteroatoms. The van der Waals surface area contributed by atoms with Crippen LogP contribution in [0.3, 0.4) is 0 Å². The molecule has 0 saturated carbocycles. The van der Waals surface area contributed by atoms with Crippen molar-refractivity contribution in [1.82, 2.24) is 0 Å². The number of ether oxygens (including phenoxy) is 1. The Morgan fingerprint density at radius 2 is 1.63 bits per heavy atom. The summed E-state index contributed by atoms with van der Waals surface area (Å²) in [6.45, 7) is 2.64. The summed E-state index contributed by atoms with van der Waals surface area (Å²) < 4.78 is 5.43. The number of hydrogen-bond donors (Lipinski definition) is 0. The maximum absolute atomic E-state index is 6.04. The van der Waals surface area contributed by atoms with Crippen molar-refractivity contribution < 1.29 is 4.74 Å². The zero-order valence-electron chi connectivity index (χ0n) is 10.4. The summed E-state index contributed by atoms with van der Waals surface area (Å²) in [5.74, 6) is 0.875. The van der Waals surface area contributed by atoms with E-state index in [1.165, 1.54) is 0 Å². The summed E-state index contributed by atoms with van der Waals surface area (Å²) >= 11 is 15.6. The molecule has 0 aliphatic carbocycles. The van der Waals surface area contributed by atoms with Gasteiger partial charge in [-0.15, -0.1) is 0 Å². The van der Waals surface area contributed by atoms with Crippen LogP contribution >= 0.6 is 39.1 Å². The smallest absolute Gasteiger partial charge is 0.119 e. The van der Waals surface area contributed by atoms with Crippen molar-refractivity contribution in [2.45, 2.75) is 11.8 Å². The fraction of sp³-hybridized carbons (Fsp3) is 0.200. The average Bonchev–Trinajstić information content (AvgIpc) is 2.42. The number of halogens is 3. The van der Waals surface area contributed by atoms with E-state index in [-0.39, 0.29) is 4.83 Å². The molecule has 2 aromatic rings. The second-order valence-electron chi connectivity index (χ2n) is 4.04. The molecule has 0 spiro atoms. The first-order chi connectivity index (χ1) is 9.11. The maximum atomic E-state index is 6.04. The van der Waals surface area contributed by atoms with Crippen molar-refractivity contribution in [3.63, 3.8) is 0 Å². The largest absolute Gasteiger partial charge is 0.494 e.